The number of para-hydroxylation sites is 2. The van der Waals surface area contributed by atoms with Crippen LogP contribution in [0.15, 0.2) is 52.9 Å². The number of ether oxygens (including phenoxy) is 1. The van der Waals surface area contributed by atoms with E-state index in [4.69, 9.17) is 20.8 Å². The molecule has 0 aliphatic carbocycles. The highest BCUT2D eigenvalue weighted by Gasteiger charge is 2.14. The van der Waals surface area contributed by atoms with E-state index in [1.54, 1.807) is 31.4 Å². The third kappa shape index (κ3) is 4.16. The summed E-state index contributed by atoms with van der Waals surface area (Å²) < 4.78 is 10.9. The van der Waals surface area contributed by atoms with Crippen LogP contribution in [0.4, 0.5) is 5.69 Å². The Kier molecular flexibility index (Phi) is 5.30. The zero-order chi connectivity index (χ0) is 17.6. The van der Waals surface area contributed by atoms with Crippen LogP contribution in [0.3, 0.4) is 0 Å². The number of nitrogens with zero attached hydrogens (tertiary/aromatic N) is 2. The molecule has 7 heteroatoms. The molecule has 128 valence electrons. The minimum Gasteiger partial charge on any atom is -0.496 e. The Morgan fingerprint density at radius 1 is 1.16 bits per heavy atom. The lowest BCUT2D eigenvalue weighted by Gasteiger charge is -2.05. The van der Waals surface area contributed by atoms with Crippen molar-refractivity contribution in [1.29, 1.82) is 0 Å². The molecule has 0 unspecified atom stereocenters. The van der Waals surface area contributed by atoms with Gasteiger partial charge < -0.3 is 14.5 Å². The maximum atomic E-state index is 12.0. The zero-order valence-electron chi connectivity index (χ0n) is 13.5. The molecular formula is C18H16ClN3O3. The number of methoxy groups -OCH3 is 1. The van der Waals surface area contributed by atoms with E-state index in [0.717, 1.165) is 0 Å². The predicted molar refractivity (Wildman–Crippen MR) is 94.7 cm³/mol. The Morgan fingerprint density at radius 3 is 2.72 bits per heavy atom. The number of rotatable bonds is 6. The van der Waals surface area contributed by atoms with E-state index in [-0.39, 0.29) is 12.3 Å². The molecule has 1 aromatic heterocycles. The van der Waals surface area contributed by atoms with Gasteiger partial charge in [0.05, 0.1) is 23.4 Å². The van der Waals surface area contributed by atoms with Crippen molar-refractivity contribution in [3.05, 3.63) is 59.4 Å². The first-order valence-corrected chi connectivity index (χ1v) is 8.05. The van der Waals surface area contributed by atoms with Crippen LogP contribution in [0.25, 0.3) is 11.5 Å². The van der Waals surface area contributed by atoms with Gasteiger partial charge >= 0.3 is 0 Å². The van der Waals surface area contributed by atoms with Crippen LogP contribution in [0.1, 0.15) is 12.3 Å². The molecule has 0 aliphatic rings. The lowest BCUT2D eigenvalue weighted by molar-refractivity contribution is -0.116. The second-order valence-electron chi connectivity index (χ2n) is 5.23. The zero-order valence-corrected chi connectivity index (χ0v) is 14.3. The molecule has 0 atom stereocenters. The monoisotopic (exact) mass is 357 g/mol. The summed E-state index contributed by atoms with van der Waals surface area (Å²) in [5.41, 5.74) is 1.29. The largest absolute Gasteiger partial charge is 0.496 e. The van der Waals surface area contributed by atoms with E-state index < -0.39 is 0 Å². The fourth-order valence-electron chi connectivity index (χ4n) is 2.28. The van der Waals surface area contributed by atoms with Crippen molar-refractivity contribution >= 4 is 23.2 Å². The van der Waals surface area contributed by atoms with E-state index in [2.05, 4.69) is 15.5 Å². The molecule has 0 radical (unpaired) electrons. The van der Waals surface area contributed by atoms with Gasteiger partial charge in [0.25, 0.3) is 5.89 Å². The standard InChI is InChI=1S/C18H16ClN3O3/c1-24-15-9-5-2-6-12(15)18-22-21-17(25-18)11-10-16(23)20-14-8-4-3-7-13(14)19/h2-9H,10-11H2,1H3,(H,20,23). The molecule has 2 aromatic carbocycles. The number of carbonyl (C=O) groups is 1. The quantitative estimate of drug-likeness (QED) is 0.722. The summed E-state index contributed by atoms with van der Waals surface area (Å²) in [7, 11) is 1.58. The molecule has 0 spiro atoms. The van der Waals surface area contributed by atoms with Crippen LogP contribution < -0.4 is 10.1 Å². The molecule has 0 saturated carbocycles. The molecular weight excluding hydrogens is 342 g/mol. The van der Waals surface area contributed by atoms with Crippen LogP contribution in [-0.4, -0.2) is 23.2 Å². The summed E-state index contributed by atoms with van der Waals surface area (Å²) in [6.07, 6.45) is 0.539. The Morgan fingerprint density at radius 2 is 1.92 bits per heavy atom. The van der Waals surface area contributed by atoms with Gasteiger partial charge in [0.2, 0.25) is 11.8 Å². The first kappa shape index (κ1) is 17.0. The average Bonchev–Trinajstić information content (AvgIpc) is 3.11. The van der Waals surface area contributed by atoms with Crippen molar-refractivity contribution in [3.63, 3.8) is 0 Å². The lowest BCUT2D eigenvalue weighted by Crippen LogP contribution is -2.12. The van der Waals surface area contributed by atoms with E-state index in [1.165, 1.54) is 0 Å². The number of carbonyl (C=O) groups excluding carboxylic acids is 1. The van der Waals surface area contributed by atoms with Crippen molar-refractivity contribution in [1.82, 2.24) is 10.2 Å². The van der Waals surface area contributed by atoms with Gasteiger partial charge in [-0.05, 0) is 24.3 Å². The number of benzene rings is 2. The summed E-state index contributed by atoms with van der Waals surface area (Å²) in [6, 6.07) is 14.4. The highest BCUT2D eigenvalue weighted by Crippen LogP contribution is 2.28. The lowest BCUT2D eigenvalue weighted by atomic mass is 10.2. The first-order valence-electron chi connectivity index (χ1n) is 7.67. The van der Waals surface area contributed by atoms with Crippen LogP contribution in [0.2, 0.25) is 5.02 Å². The number of amides is 1. The van der Waals surface area contributed by atoms with Crippen LogP contribution in [0.5, 0.6) is 5.75 Å². The number of aryl methyl sites for hydroxylation is 1. The molecule has 0 bridgehead atoms. The van der Waals surface area contributed by atoms with E-state index in [0.29, 0.717) is 40.2 Å². The Labute approximate surface area is 149 Å². The molecule has 3 aromatic rings. The molecule has 6 nitrogen and oxygen atoms in total. The van der Waals surface area contributed by atoms with Crippen molar-refractivity contribution in [2.75, 3.05) is 12.4 Å². The summed E-state index contributed by atoms with van der Waals surface area (Å²) >= 11 is 6.02. The molecule has 25 heavy (non-hydrogen) atoms. The predicted octanol–water partition coefficient (Wildman–Crippen LogP) is 3.97. The number of hydrogen-bond acceptors (Lipinski definition) is 5. The molecule has 3 rings (SSSR count). The minimum absolute atomic E-state index is 0.176. The van der Waals surface area contributed by atoms with E-state index >= 15 is 0 Å². The minimum atomic E-state index is -0.176. The smallest absolute Gasteiger partial charge is 0.251 e. The van der Waals surface area contributed by atoms with Crippen LogP contribution in [0, 0.1) is 0 Å². The summed E-state index contributed by atoms with van der Waals surface area (Å²) in [5, 5.41) is 11.3. The molecule has 1 heterocycles. The van der Waals surface area contributed by atoms with Crippen molar-refractivity contribution in [3.8, 4) is 17.2 Å². The molecule has 1 amide bonds. The maximum absolute atomic E-state index is 12.0. The average molecular weight is 358 g/mol. The van der Waals surface area contributed by atoms with Gasteiger partial charge in [-0.1, -0.05) is 35.9 Å². The van der Waals surface area contributed by atoms with Gasteiger partial charge in [-0.3, -0.25) is 4.79 Å². The Bertz CT molecular complexity index is 879. The van der Waals surface area contributed by atoms with E-state index in [1.807, 2.05) is 24.3 Å². The normalized spacial score (nSPS) is 10.5. The Balaban J connectivity index is 1.62. The van der Waals surface area contributed by atoms with Crippen molar-refractivity contribution in [2.45, 2.75) is 12.8 Å². The van der Waals surface area contributed by atoms with Gasteiger partial charge in [0.1, 0.15) is 5.75 Å². The number of hydrogen-bond donors (Lipinski definition) is 1. The summed E-state index contributed by atoms with van der Waals surface area (Å²) in [6.45, 7) is 0. The van der Waals surface area contributed by atoms with Crippen molar-refractivity contribution in [2.24, 2.45) is 0 Å². The van der Waals surface area contributed by atoms with Gasteiger partial charge in [-0.15, -0.1) is 10.2 Å². The second kappa shape index (κ2) is 7.81. The SMILES string of the molecule is COc1ccccc1-c1nnc(CCC(=O)Nc2ccccc2Cl)o1. The number of anilines is 1. The summed E-state index contributed by atoms with van der Waals surface area (Å²) in [5.74, 6) is 1.22. The highest BCUT2D eigenvalue weighted by atomic mass is 35.5. The van der Waals surface area contributed by atoms with Crippen molar-refractivity contribution < 1.29 is 13.9 Å². The summed E-state index contributed by atoms with van der Waals surface area (Å²) in [4.78, 5) is 12.0. The van der Waals surface area contributed by atoms with Gasteiger partial charge in [0.15, 0.2) is 0 Å². The van der Waals surface area contributed by atoms with Gasteiger partial charge in [0, 0.05) is 12.8 Å². The molecule has 0 aliphatic heterocycles. The Hall–Kier alpha value is -2.86. The third-order valence-corrected chi connectivity index (χ3v) is 3.85. The van der Waals surface area contributed by atoms with E-state index in [9.17, 15) is 4.79 Å². The fourth-order valence-corrected chi connectivity index (χ4v) is 2.46. The fraction of sp³-hybridized carbons (Fsp3) is 0.167. The third-order valence-electron chi connectivity index (χ3n) is 3.52. The molecule has 0 saturated heterocycles. The highest BCUT2D eigenvalue weighted by molar-refractivity contribution is 6.33. The second-order valence-corrected chi connectivity index (χ2v) is 5.64. The number of nitrogens with one attached hydrogen (secondary N) is 1. The first-order chi connectivity index (χ1) is 12.2. The topological polar surface area (TPSA) is 77.2 Å². The molecule has 0 fully saturated rings. The van der Waals surface area contributed by atoms with Gasteiger partial charge in [-0.25, -0.2) is 0 Å². The molecule has 1 N–H and O–H groups in total. The number of halogens is 1. The van der Waals surface area contributed by atoms with Crippen LogP contribution >= 0.6 is 11.6 Å². The van der Waals surface area contributed by atoms with Gasteiger partial charge in [-0.2, -0.15) is 0 Å². The maximum Gasteiger partial charge on any atom is 0.251 e. The van der Waals surface area contributed by atoms with Crippen LogP contribution in [-0.2, 0) is 11.2 Å². The number of aromatic nitrogens is 2.